The fourth-order valence-corrected chi connectivity index (χ4v) is 0. The van der Waals surface area contributed by atoms with Gasteiger partial charge in [0.1, 0.15) is 0 Å². The van der Waals surface area contributed by atoms with Crippen molar-refractivity contribution >= 4 is 17.6 Å². The summed E-state index contributed by atoms with van der Waals surface area (Å²) in [6.45, 7) is 13.6. The summed E-state index contributed by atoms with van der Waals surface area (Å²) in [5.41, 5.74) is 0. The van der Waals surface area contributed by atoms with Crippen LogP contribution in [0.2, 0.25) is 39.3 Å². The van der Waals surface area contributed by atoms with Crippen LogP contribution in [0, 0.1) is 53.0 Å². The molecule has 0 saturated heterocycles. The molecule has 0 rings (SSSR count). The summed E-state index contributed by atoms with van der Waals surface area (Å²) in [6, 6.07) is 0. The van der Waals surface area contributed by atoms with E-state index in [4.69, 9.17) is 0 Å². The minimum Gasteiger partial charge on any atom is -0.358 e. The Morgan fingerprint density at radius 3 is 0.545 bits per heavy atom. The third kappa shape index (κ3) is 379. The van der Waals surface area contributed by atoms with Crippen LogP contribution >= 0.6 is 0 Å². The van der Waals surface area contributed by atoms with Gasteiger partial charge >= 0.3 is 0 Å². The predicted octanol–water partition coefficient (Wildman–Crippen LogP) is 3.64. The van der Waals surface area contributed by atoms with Crippen molar-refractivity contribution in [2.45, 2.75) is 39.3 Å². The van der Waals surface area contributed by atoms with Crippen molar-refractivity contribution in [1.29, 1.82) is 0 Å². The first-order valence-electron chi connectivity index (χ1n) is 3.00. The molecule has 0 aromatic rings. The zero-order valence-corrected chi connectivity index (χ0v) is 13.3. The molecule has 2 radical (unpaired) electrons. The Labute approximate surface area is 109 Å². The standard InChI is InChI=1S/2C3H9Si.2CH3.Dy/c2*1-4(2)3;;;/h2*1-3H3;2*1H3;/q;;2*-1;. The van der Waals surface area contributed by atoms with Crippen LogP contribution < -0.4 is 0 Å². The van der Waals surface area contributed by atoms with Crippen LogP contribution in [-0.2, 0) is 0 Å². The third-order valence-corrected chi connectivity index (χ3v) is 0. The number of hydrogen-bond donors (Lipinski definition) is 0. The van der Waals surface area contributed by atoms with E-state index in [9.17, 15) is 0 Å². The summed E-state index contributed by atoms with van der Waals surface area (Å²) in [5, 5.41) is 0. The van der Waals surface area contributed by atoms with Gasteiger partial charge in [0.05, 0.1) is 0 Å². The van der Waals surface area contributed by atoms with Gasteiger partial charge in [-0.05, 0) is 0 Å². The zero-order chi connectivity index (χ0) is 7.15. The summed E-state index contributed by atoms with van der Waals surface area (Å²) >= 11 is 0. The van der Waals surface area contributed by atoms with Crippen molar-refractivity contribution in [3.8, 4) is 0 Å². The molecule has 76 valence electrons. The Kier molecular flexibility index (Phi) is 60.2. The molecule has 0 aliphatic heterocycles. The van der Waals surface area contributed by atoms with E-state index in [2.05, 4.69) is 39.3 Å². The topological polar surface area (TPSA) is 0 Å². The molecule has 0 nitrogen and oxygen atoms in total. The first kappa shape index (κ1) is 29.3. The maximum atomic E-state index is 2.27. The summed E-state index contributed by atoms with van der Waals surface area (Å²) < 4.78 is 0. The predicted molar refractivity (Wildman–Crippen MR) is 59.5 cm³/mol. The first-order valence-corrected chi connectivity index (χ1v) is 9.00. The van der Waals surface area contributed by atoms with Gasteiger partial charge in [-0.25, -0.2) is 0 Å². The van der Waals surface area contributed by atoms with Gasteiger partial charge in [0.15, 0.2) is 0 Å². The molecule has 0 atom stereocenters. The van der Waals surface area contributed by atoms with Crippen molar-refractivity contribution in [2.24, 2.45) is 0 Å². The molecule has 0 amide bonds. The Morgan fingerprint density at radius 2 is 0.545 bits per heavy atom. The van der Waals surface area contributed by atoms with Crippen LogP contribution in [0.3, 0.4) is 0 Å². The van der Waals surface area contributed by atoms with E-state index < -0.39 is 0 Å². The Morgan fingerprint density at radius 1 is 0.545 bits per heavy atom. The molecule has 3 heteroatoms. The van der Waals surface area contributed by atoms with Crippen LogP contribution in [0.1, 0.15) is 0 Å². The van der Waals surface area contributed by atoms with Gasteiger partial charge < -0.3 is 14.9 Å². The van der Waals surface area contributed by atoms with Gasteiger partial charge in [-0.3, -0.25) is 0 Å². The minimum absolute atomic E-state index is 0. The van der Waals surface area contributed by atoms with Gasteiger partial charge in [0, 0.05) is 55.8 Å². The monoisotopic (exact) mass is 340 g/mol. The van der Waals surface area contributed by atoms with Crippen molar-refractivity contribution < 1.29 is 38.2 Å². The largest absolute Gasteiger partial charge is 0.358 e. The molecule has 0 aliphatic carbocycles. The molecule has 0 aromatic carbocycles. The van der Waals surface area contributed by atoms with Gasteiger partial charge in [0.25, 0.3) is 0 Å². The summed E-state index contributed by atoms with van der Waals surface area (Å²) in [5.74, 6) is 0. The molecule has 0 heterocycles. The van der Waals surface area contributed by atoms with Crippen molar-refractivity contribution in [2.75, 3.05) is 0 Å². The second-order valence-corrected chi connectivity index (χ2v) is 9.00. The minimum atomic E-state index is 0. The molecule has 0 saturated carbocycles. The van der Waals surface area contributed by atoms with E-state index >= 15 is 0 Å². The quantitative estimate of drug-likeness (QED) is 0.467. The molecular weight excluding hydrogens is 315 g/mol. The van der Waals surface area contributed by atoms with Crippen LogP contribution in [0.25, 0.3) is 0 Å². The van der Waals surface area contributed by atoms with Crippen LogP contribution in [-0.4, -0.2) is 17.6 Å². The van der Waals surface area contributed by atoms with Crippen LogP contribution in [0.4, 0.5) is 0 Å². The normalized spacial score (nSPS) is 6.55. The fraction of sp³-hybridized carbons (Fsp3) is 0.750. The van der Waals surface area contributed by atoms with E-state index in [1.807, 2.05) is 0 Å². The maximum absolute atomic E-state index is 2.27. The second kappa shape index (κ2) is 22.6. The van der Waals surface area contributed by atoms with E-state index in [0.717, 1.165) is 0 Å². The van der Waals surface area contributed by atoms with Gasteiger partial charge in [0.2, 0.25) is 0 Å². The molecule has 11 heavy (non-hydrogen) atoms. The average molecular weight is 339 g/mol. The van der Waals surface area contributed by atoms with Gasteiger partial charge in [-0.1, -0.05) is 39.3 Å². The van der Waals surface area contributed by atoms with E-state index in [0.29, 0.717) is 0 Å². The summed E-state index contributed by atoms with van der Waals surface area (Å²) in [4.78, 5) is 0. The van der Waals surface area contributed by atoms with E-state index in [1.54, 1.807) is 0 Å². The molecule has 0 spiro atoms. The number of rotatable bonds is 0. The summed E-state index contributed by atoms with van der Waals surface area (Å²) in [7, 11) is 0.241. The first-order chi connectivity index (χ1) is 3.46. The Bertz CT molecular complexity index is 27.6. The molecular formula is C8H24DySi2-2. The van der Waals surface area contributed by atoms with Crippen LogP contribution in [0.15, 0.2) is 0 Å². The molecule has 0 unspecified atom stereocenters. The SMILES string of the molecule is C[Si](C)C.C[Si](C)C.[CH3-].[CH3-].[Dy]. The third-order valence-electron chi connectivity index (χ3n) is 0. The molecule has 0 fully saturated rings. The molecule has 0 bridgehead atoms. The number of hydrogen-bond acceptors (Lipinski definition) is 0. The Balaban J connectivity index is -0.0000000171. The zero-order valence-electron chi connectivity index (χ0n) is 9.32. The fourth-order valence-electron chi connectivity index (χ4n) is 0. The average Bonchev–Trinajstić information content (AvgIpc) is 1.25. The van der Waals surface area contributed by atoms with Crippen LogP contribution in [0.5, 0.6) is 0 Å². The van der Waals surface area contributed by atoms with Crippen molar-refractivity contribution in [3.63, 3.8) is 0 Å². The smallest absolute Gasteiger partial charge is 0.0379 e. The molecule has 0 aromatic heterocycles. The summed E-state index contributed by atoms with van der Waals surface area (Å²) in [6.07, 6.45) is 0. The second-order valence-electron chi connectivity index (χ2n) is 3.00. The van der Waals surface area contributed by atoms with Gasteiger partial charge in [-0.15, -0.1) is 0 Å². The molecule has 0 aliphatic rings. The maximum Gasteiger partial charge on any atom is 0.0379 e. The van der Waals surface area contributed by atoms with E-state index in [-0.39, 0.29) is 70.6 Å². The molecule has 0 N–H and O–H groups in total. The Hall–Kier alpha value is 1.71. The van der Waals surface area contributed by atoms with E-state index in [1.165, 1.54) is 0 Å². The van der Waals surface area contributed by atoms with Crippen molar-refractivity contribution in [1.82, 2.24) is 0 Å². The van der Waals surface area contributed by atoms with Crippen molar-refractivity contribution in [3.05, 3.63) is 14.9 Å². The van der Waals surface area contributed by atoms with Gasteiger partial charge in [-0.2, -0.15) is 0 Å².